The van der Waals surface area contributed by atoms with Crippen molar-refractivity contribution >= 4 is 23.4 Å². The van der Waals surface area contributed by atoms with E-state index in [9.17, 15) is 9.59 Å². The number of nitrogens with zero attached hydrogens (tertiary/aromatic N) is 1. The Balaban J connectivity index is 1.93. The number of rotatable bonds is 7. The summed E-state index contributed by atoms with van der Waals surface area (Å²) in [5.41, 5.74) is 1.82. The third kappa shape index (κ3) is 5.28. The lowest BCUT2D eigenvalue weighted by atomic mass is 10.2. The van der Waals surface area contributed by atoms with Crippen LogP contribution in [0.5, 0.6) is 0 Å². The lowest BCUT2D eigenvalue weighted by Gasteiger charge is -2.13. The van der Waals surface area contributed by atoms with Crippen molar-refractivity contribution in [3.05, 3.63) is 64.6 Å². The van der Waals surface area contributed by atoms with E-state index in [1.807, 2.05) is 32.0 Å². The molecule has 0 bridgehead atoms. The zero-order valence-electron chi connectivity index (χ0n) is 13.5. The van der Waals surface area contributed by atoms with Crippen LogP contribution in [0.3, 0.4) is 0 Å². The summed E-state index contributed by atoms with van der Waals surface area (Å²) in [5.74, 6) is 0.748. The van der Waals surface area contributed by atoms with E-state index in [0.29, 0.717) is 12.2 Å². The molecular weight excluding hydrogens is 308 g/mol. The lowest BCUT2D eigenvalue weighted by molar-refractivity contribution is -0.115. The smallest absolute Gasteiger partial charge is 0.250 e. The molecule has 0 unspecified atom stereocenters. The molecule has 0 saturated heterocycles. The van der Waals surface area contributed by atoms with Gasteiger partial charge in [0.2, 0.25) is 5.91 Å². The molecule has 0 spiro atoms. The van der Waals surface area contributed by atoms with Crippen molar-refractivity contribution in [1.29, 1.82) is 0 Å². The summed E-state index contributed by atoms with van der Waals surface area (Å²) >= 11 is 1.59. The Labute approximate surface area is 140 Å². The fourth-order valence-corrected chi connectivity index (χ4v) is 2.98. The molecule has 0 aliphatic carbocycles. The van der Waals surface area contributed by atoms with E-state index in [4.69, 9.17) is 0 Å². The molecular formula is C18H22N2O2S. The van der Waals surface area contributed by atoms with Gasteiger partial charge in [0.1, 0.15) is 0 Å². The van der Waals surface area contributed by atoms with Gasteiger partial charge >= 0.3 is 0 Å². The second-order valence-corrected chi connectivity index (χ2v) is 6.71. The van der Waals surface area contributed by atoms with E-state index in [2.05, 4.69) is 17.4 Å². The topological polar surface area (TPSA) is 51.1 Å². The van der Waals surface area contributed by atoms with Gasteiger partial charge in [-0.1, -0.05) is 37.3 Å². The summed E-state index contributed by atoms with van der Waals surface area (Å²) in [4.78, 5) is 24.0. The number of amides is 1. The van der Waals surface area contributed by atoms with Crippen LogP contribution < -0.4 is 10.9 Å². The first-order valence-electron chi connectivity index (χ1n) is 7.77. The number of nitrogens with one attached hydrogen (secondary N) is 1. The number of aryl methyl sites for hydroxylation is 1. The lowest BCUT2D eigenvalue weighted by Crippen LogP contribution is -2.25. The second kappa shape index (κ2) is 8.58. The van der Waals surface area contributed by atoms with Crippen molar-refractivity contribution in [3.8, 4) is 0 Å². The van der Waals surface area contributed by atoms with E-state index in [1.165, 1.54) is 11.6 Å². The molecule has 5 heteroatoms. The van der Waals surface area contributed by atoms with Gasteiger partial charge in [-0.3, -0.25) is 9.59 Å². The van der Waals surface area contributed by atoms with Gasteiger partial charge in [0.15, 0.2) is 0 Å². The first-order valence-corrected chi connectivity index (χ1v) is 8.82. The second-order valence-electron chi connectivity index (χ2n) is 5.38. The Morgan fingerprint density at radius 3 is 2.65 bits per heavy atom. The summed E-state index contributed by atoms with van der Waals surface area (Å²) in [6.45, 7) is 4.56. The Morgan fingerprint density at radius 1 is 1.22 bits per heavy atom. The average Bonchev–Trinajstić information content (AvgIpc) is 2.57. The summed E-state index contributed by atoms with van der Waals surface area (Å²) in [6, 6.07) is 13.2. The molecule has 0 aliphatic rings. The number of aromatic nitrogens is 1. The van der Waals surface area contributed by atoms with Gasteiger partial charge in [0.05, 0.1) is 10.9 Å². The molecule has 1 amide bonds. The molecule has 1 heterocycles. The number of hydrogen-bond donors (Lipinski definition) is 1. The Hall–Kier alpha value is -2.01. The number of thioether (sulfide) groups is 1. The fourth-order valence-electron chi connectivity index (χ4n) is 2.14. The van der Waals surface area contributed by atoms with Gasteiger partial charge in [0, 0.05) is 24.6 Å². The molecule has 23 heavy (non-hydrogen) atoms. The number of pyridine rings is 1. The van der Waals surface area contributed by atoms with Crippen LogP contribution in [0.2, 0.25) is 0 Å². The van der Waals surface area contributed by atoms with Gasteiger partial charge in [-0.25, -0.2) is 0 Å². The molecule has 0 aliphatic heterocycles. The number of benzene rings is 1. The maximum absolute atomic E-state index is 12.3. The quantitative estimate of drug-likeness (QED) is 0.845. The predicted octanol–water partition coefficient (Wildman–Crippen LogP) is 3.52. The summed E-state index contributed by atoms with van der Waals surface area (Å²) < 4.78 is 1.62. The van der Waals surface area contributed by atoms with Crippen molar-refractivity contribution in [2.45, 2.75) is 37.8 Å². The van der Waals surface area contributed by atoms with Crippen molar-refractivity contribution < 1.29 is 4.79 Å². The zero-order valence-corrected chi connectivity index (χ0v) is 14.3. The van der Waals surface area contributed by atoms with Gasteiger partial charge in [0.25, 0.3) is 5.56 Å². The van der Waals surface area contributed by atoms with E-state index in [0.717, 1.165) is 12.2 Å². The van der Waals surface area contributed by atoms with E-state index >= 15 is 0 Å². The molecule has 0 fully saturated rings. The normalized spacial score (nSPS) is 11.9. The Bertz CT molecular complexity index is 698. The van der Waals surface area contributed by atoms with E-state index in [-0.39, 0.29) is 16.7 Å². The predicted molar refractivity (Wildman–Crippen MR) is 96.8 cm³/mol. The van der Waals surface area contributed by atoms with Crippen molar-refractivity contribution in [3.63, 3.8) is 0 Å². The summed E-state index contributed by atoms with van der Waals surface area (Å²) in [7, 11) is 0. The molecule has 122 valence electrons. The van der Waals surface area contributed by atoms with Gasteiger partial charge in [-0.05, 0) is 25.0 Å². The van der Waals surface area contributed by atoms with Crippen molar-refractivity contribution in [2.24, 2.45) is 0 Å². The molecule has 1 aromatic carbocycles. The van der Waals surface area contributed by atoms with Crippen molar-refractivity contribution in [2.75, 3.05) is 5.32 Å². The third-order valence-corrected chi connectivity index (χ3v) is 4.64. The molecule has 2 rings (SSSR count). The van der Waals surface area contributed by atoms with Gasteiger partial charge < -0.3 is 9.88 Å². The van der Waals surface area contributed by atoms with Crippen LogP contribution in [0.4, 0.5) is 5.69 Å². The number of carbonyl (C=O) groups is 1. The van der Waals surface area contributed by atoms with Gasteiger partial charge in [-0.2, -0.15) is 0 Å². The minimum absolute atomic E-state index is 0.0450. The monoisotopic (exact) mass is 330 g/mol. The number of anilines is 1. The molecule has 4 nitrogen and oxygen atoms in total. The van der Waals surface area contributed by atoms with Crippen LogP contribution in [0.25, 0.3) is 0 Å². The highest BCUT2D eigenvalue weighted by Gasteiger charge is 2.14. The highest BCUT2D eigenvalue weighted by atomic mass is 32.2. The zero-order chi connectivity index (χ0) is 16.7. The Kier molecular flexibility index (Phi) is 6.47. The average molecular weight is 330 g/mol. The first kappa shape index (κ1) is 17.3. The maximum atomic E-state index is 12.3. The molecule has 0 radical (unpaired) electrons. The molecule has 1 aromatic heterocycles. The fraction of sp³-hybridized carbons (Fsp3) is 0.333. The number of carbonyl (C=O) groups excluding carboxylic acids is 1. The van der Waals surface area contributed by atoms with Crippen LogP contribution in [0, 0.1) is 0 Å². The van der Waals surface area contributed by atoms with E-state index in [1.54, 1.807) is 28.6 Å². The third-order valence-electron chi connectivity index (χ3n) is 3.43. The minimum atomic E-state index is -0.165. The van der Waals surface area contributed by atoms with Gasteiger partial charge in [-0.15, -0.1) is 11.8 Å². The summed E-state index contributed by atoms with van der Waals surface area (Å²) in [6.07, 6.45) is 2.58. The number of hydrogen-bond acceptors (Lipinski definition) is 3. The highest BCUT2D eigenvalue weighted by Crippen LogP contribution is 2.19. The van der Waals surface area contributed by atoms with E-state index < -0.39 is 0 Å². The first-order chi connectivity index (χ1) is 11.1. The molecule has 1 atom stereocenters. The van der Waals surface area contributed by atoms with Crippen LogP contribution in [0.15, 0.2) is 53.5 Å². The molecule has 0 saturated carbocycles. The standard InChI is InChI=1S/C18H22N2O2S/c1-3-11-20-12-16(9-10-17(20)21)19-18(22)14(2)23-13-15-7-5-4-6-8-15/h4-10,12,14H,3,11,13H2,1-2H3,(H,19,22)/t14-/m0/s1. The SMILES string of the molecule is CCCn1cc(NC(=O)[C@H](C)SCc2ccccc2)ccc1=O. The minimum Gasteiger partial charge on any atom is -0.324 e. The Morgan fingerprint density at radius 2 is 1.96 bits per heavy atom. The molecule has 1 N–H and O–H groups in total. The van der Waals surface area contributed by atoms with Crippen molar-refractivity contribution in [1.82, 2.24) is 4.57 Å². The summed E-state index contributed by atoms with van der Waals surface area (Å²) in [5, 5.41) is 2.72. The maximum Gasteiger partial charge on any atom is 0.250 e. The molecule has 2 aromatic rings. The highest BCUT2D eigenvalue weighted by molar-refractivity contribution is 7.99. The van der Waals surface area contributed by atoms with Crippen LogP contribution in [-0.4, -0.2) is 15.7 Å². The van der Waals surface area contributed by atoms with Crippen LogP contribution in [0.1, 0.15) is 25.8 Å². The van der Waals surface area contributed by atoms with Crippen LogP contribution >= 0.6 is 11.8 Å². The van der Waals surface area contributed by atoms with Crippen LogP contribution in [-0.2, 0) is 17.1 Å². The largest absolute Gasteiger partial charge is 0.324 e.